The third-order valence-electron chi connectivity index (χ3n) is 3.53. The van der Waals surface area contributed by atoms with E-state index in [9.17, 15) is 4.79 Å². The van der Waals surface area contributed by atoms with Crippen LogP contribution in [0.1, 0.15) is 36.9 Å². The van der Waals surface area contributed by atoms with Gasteiger partial charge in [0.15, 0.2) is 5.82 Å². The molecule has 0 spiro atoms. The SMILES string of the molecule is CC(C)(C)c1cc(NC(=O)c2cccc3ccccc23)no1. The highest BCUT2D eigenvalue weighted by Gasteiger charge is 2.20. The Hall–Kier alpha value is -2.62. The van der Waals surface area contributed by atoms with E-state index in [1.54, 1.807) is 6.07 Å². The quantitative estimate of drug-likeness (QED) is 0.763. The lowest BCUT2D eigenvalue weighted by Gasteiger charge is -2.12. The first kappa shape index (κ1) is 14.3. The normalized spacial score (nSPS) is 11.6. The van der Waals surface area contributed by atoms with Gasteiger partial charge in [-0.2, -0.15) is 0 Å². The van der Waals surface area contributed by atoms with Gasteiger partial charge in [-0.15, -0.1) is 0 Å². The second-order valence-corrected chi connectivity index (χ2v) is 6.31. The van der Waals surface area contributed by atoms with Crippen molar-refractivity contribution >= 4 is 22.5 Å². The van der Waals surface area contributed by atoms with E-state index < -0.39 is 0 Å². The van der Waals surface area contributed by atoms with Crippen molar-refractivity contribution in [3.05, 3.63) is 59.9 Å². The molecule has 0 saturated heterocycles. The molecule has 0 fully saturated rings. The molecular weight excluding hydrogens is 276 g/mol. The Morgan fingerprint density at radius 1 is 1.09 bits per heavy atom. The molecule has 0 unspecified atom stereocenters. The fraction of sp³-hybridized carbons (Fsp3) is 0.222. The molecule has 3 aromatic rings. The predicted molar refractivity (Wildman–Crippen MR) is 87.1 cm³/mol. The largest absolute Gasteiger partial charge is 0.359 e. The van der Waals surface area contributed by atoms with Crippen LogP contribution in [0, 0.1) is 0 Å². The van der Waals surface area contributed by atoms with Crippen molar-refractivity contribution < 1.29 is 9.32 Å². The van der Waals surface area contributed by atoms with Crippen molar-refractivity contribution in [3.8, 4) is 0 Å². The van der Waals surface area contributed by atoms with Crippen LogP contribution in [0.15, 0.2) is 53.1 Å². The topological polar surface area (TPSA) is 55.1 Å². The van der Waals surface area contributed by atoms with Gasteiger partial charge in [-0.1, -0.05) is 62.3 Å². The third kappa shape index (κ3) is 2.72. The second-order valence-electron chi connectivity index (χ2n) is 6.31. The Bertz CT molecular complexity index is 823. The van der Waals surface area contributed by atoms with E-state index in [1.807, 2.05) is 63.2 Å². The van der Waals surface area contributed by atoms with E-state index >= 15 is 0 Å². The maximum atomic E-state index is 12.5. The Morgan fingerprint density at radius 3 is 2.55 bits per heavy atom. The molecule has 112 valence electrons. The first-order chi connectivity index (χ1) is 10.4. The number of nitrogens with zero attached hydrogens (tertiary/aromatic N) is 1. The van der Waals surface area contributed by atoms with Gasteiger partial charge in [-0.05, 0) is 16.8 Å². The highest BCUT2D eigenvalue weighted by molar-refractivity contribution is 6.12. The van der Waals surface area contributed by atoms with Crippen LogP contribution in [0.3, 0.4) is 0 Å². The van der Waals surface area contributed by atoms with E-state index in [-0.39, 0.29) is 11.3 Å². The highest BCUT2D eigenvalue weighted by Crippen LogP contribution is 2.25. The fourth-order valence-corrected chi connectivity index (χ4v) is 2.29. The van der Waals surface area contributed by atoms with Gasteiger partial charge < -0.3 is 9.84 Å². The van der Waals surface area contributed by atoms with Crippen LogP contribution < -0.4 is 5.32 Å². The zero-order valence-corrected chi connectivity index (χ0v) is 12.9. The summed E-state index contributed by atoms with van der Waals surface area (Å²) in [4.78, 5) is 12.5. The van der Waals surface area contributed by atoms with Crippen LogP contribution in [-0.2, 0) is 5.41 Å². The molecule has 1 heterocycles. The molecule has 4 nitrogen and oxygen atoms in total. The average molecular weight is 294 g/mol. The molecule has 22 heavy (non-hydrogen) atoms. The molecule has 1 amide bonds. The maximum Gasteiger partial charge on any atom is 0.257 e. The predicted octanol–water partition coefficient (Wildman–Crippen LogP) is 4.38. The minimum Gasteiger partial charge on any atom is -0.359 e. The fourth-order valence-electron chi connectivity index (χ4n) is 2.29. The number of carbonyl (C=O) groups is 1. The summed E-state index contributed by atoms with van der Waals surface area (Å²) < 4.78 is 5.29. The summed E-state index contributed by atoms with van der Waals surface area (Å²) in [6.45, 7) is 6.09. The number of rotatable bonds is 2. The zero-order chi connectivity index (χ0) is 15.7. The van der Waals surface area contributed by atoms with Gasteiger partial charge in [-0.3, -0.25) is 4.79 Å². The number of fused-ring (bicyclic) bond motifs is 1. The number of hydrogen-bond acceptors (Lipinski definition) is 3. The maximum absolute atomic E-state index is 12.5. The summed E-state index contributed by atoms with van der Waals surface area (Å²) in [5.74, 6) is 0.981. The third-order valence-corrected chi connectivity index (χ3v) is 3.53. The minimum atomic E-state index is -0.189. The molecule has 3 rings (SSSR count). The van der Waals surface area contributed by atoms with Gasteiger partial charge in [0.1, 0.15) is 5.76 Å². The van der Waals surface area contributed by atoms with E-state index in [4.69, 9.17) is 4.52 Å². The number of hydrogen-bond donors (Lipinski definition) is 1. The van der Waals surface area contributed by atoms with Crippen LogP contribution >= 0.6 is 0 Å². The van der Waals surface area contributed by atoms with Crippen molar-refractivity contribution in [2.75, 3.05) is 5.32 Å². The standard InChI is InChI=1S/C18H18N2O2/c1-18(2,3)15-11-16(20-22-15)19-17(21)14-10-6-8-12-7-4-5-9-13(12)14/h4-11H,1-3H3,(H,19,20,21). The van der Waals surface area contributed by atoms with E-state index in [1.165, 1.54) is 0 Å². The Kier molecular flexibility index (Phi) is 3.45. The summed E-state index contributed by atoms with van der Waals surface area (Å²) in [5.41, 5.74) is 0.480. The van der Waals surface area contributed by atoms with Crippen molar-refractivity contribution in [1.29, 1.82) is 0 Å². The molecule has 0 bridgehead atoms. The van der Waals surface area contributed by atoms with Crippen LogP contribution in [0.2, 0.25) is 0 Å². The van der Waals surface area contributed by atoms with E-state index in [2.05, 4.69) is 10.5 Å². The molecule has 0 aliphatic rings. The molecule has 0 saturated carbocycles. The van der Waals surface area contributed by atoms with Crippen LogP contribution in [-0.4, -0.2) is 11.1 Å². The Labute approximate surface area is 129 Å². The van der Waals surface area contributed by atoms with Crippen molar-refractivity contribution in [2.24, 2.45) is 0 Å². The van der Waals surface area contributed by atoms with Gasteiger partial charge in [0.2, 0.25) is 0 Å². The monoisotopic (exact) mass is 294 g/mol. The first-order valence-electron chi connectivity index (χ1n) is 7.21. The molecule has 0 atom stereocenters. The summed E-state index contributed by atoms with van der Waals surface area (Å²) >= 11 is 0. The molecular formula is C18H18N2O2. The molecule has 4 heteroatoms. The Balaban J connectivity index is 1.89. The lowest BCUT2D eigenvalue weighted by molar-refractivity contribution is 0.102. The van der Waals surface area contributed by atoms with Crippen LogP contribution in [0.4, 0.5) is 5.82 Å². The van der Waals surface area contributed by atoms with Gasteiger partial charge in [0, 0.05) is 17.0 Å². The molecule has 1 aromatic heterocycles. The van der Waals surface area contributed by atoms with Gasteiger partial charge >= 0.3 is 0 Å². The number of aromatic nitrogens is 1. The summed E-state index contributed by atoms with van der Waals surface area (Å²) in [5, 5.41) is 8.67. The lowest BCUT2D eigenvalue weighted by atomic mass is 9.93. The summed E-state index contributed by atoms with van der Waals surface area (Å²) in [7, 11) is 0. The highest BCUT2D eigenvalue weighted by atomic mass is 16.5. The molecule has 0 aliphatic heterocycles. The number of anilines is 1. The molecule has 1 N–H and O–H groups in total. The van der Waals surface area contributed by atoms with Crippen molar-refractivity contribution in [3.63, 3.8) is 0 Å². The molecule has 0 radical (unpaired) electrons. The minimum absolute atomic E-state index is 0.143. The van der Waals surface area contributed by atoms with E-state index in [0.29, 0.717) is 11.4 Å². The number of carbonyl (C=O) groups excluding carboxylic acids is 1. The zero-order valence-electron chi connectivity index (χ0n) is 12.9. The number of nitrogens with one attached hydrogen (secondary N) is 1. The molecule has 0 aliphatic carbocycles. The van der Waals surface area contributed by atoms with Crippen molar-refractivity contribution in [2.45, 2.75) is 26.2 Å². The van der Waals surface area contributed by atoms with Crippen LogP contribution in [0.5, 0.6) is 0 Å². The van der Waals surface area contributed by atoms with Gasteiger partial charge in [-0.25, -0.2) is 0 Å². The van der Waals surface area contributed by atoms with Crippen molar-refractivity contribution in [1.82, 2.24) is 5.16 Å². The smallest absolute Gasteiger partial charge is 0.257 e. The average Bonchev–Trinajstić information content (AvgIpc) is 2.95. The van der Waals surface area contributed by atoms with E-state index in [0.717, 1.165) is 16.5 Å². The first-order valence-corrected chi connectivity index (χ1v) is 7.21. The Morgan fingerprint density at radius 2 is 1.82 bits per heavy atom. The molecule has 2 aromatic carbocycles. The lowest BCUT2D eigenvalue weighted by Crippen LogP contribution is -2.13. The second kappa shape index (κ2) is 5.30. The van der Waals surface area contributed by atoms with Gasteiger partial charge in [0.05, 0.1) is 0 Å². The number of amides is 1. The van der Waals surface area contributed by atoms with Crippen LogP contribution in [0.25, 0.3) is 10.8 Å². The summed E-state index contributed by atoms with van der Waals surface area (Å²) in [6, 6.07) is 15.2. The summed E-state index contributed by atoms with van der Waals surface area (Å²) in [6.07, 6.45) is 0. The number of benzene rings is 2. The van der Waals surface area contributed by atoms with Gasteiger partial charge in [0.25, 0.3) is 5.91 Å².